The molecule has 0 bridgehead atoms. The van der Waals surface area contributed by atoms with Crippen LogP contribution in [-0.2, 0) is 14.4 Å². The fraction of sp³-hybridized carbons (Fsp3) is 0.571. The minimum atomic E-state index is -0.483. The molecule has 0 saturated carbocycles. The maximum Gasteiger partial charge on any atom is 0.251 e. The van der Waals surface area contributed by atoms with Crippen molar-refractivity contribution in [1.82, 2.24) is 9.80 Å². The maximum absolute atomic E-state index is 13.1. The van der Waals surface area contributed by atoms with Crippen molar-refractivity contribution in [1.29, 1.82) is 0 Å². The van der Waals surface area contributed by atoms with E-state index >= 15 is 0 Å². The van der Waals surface area contributed by atoms with E-state index in [4.69, 9.17) is 0 Å². The van der Waals surface area contributed by atoms with Gasteiger partial charge >= 0.3 is 0 Å². The zero-order valence-electron chi connectivity index (χ0n) is 16.0. The summed E-state index contributed by atoms with van der Waals surface area (Å²) in [7, 11) is 0. The van der Waals surface area contributed by atoms with Gasteiger partial charge in [0.15, 0.2) is 0 Å². The Morgan fingerprint density at radius 3 is 2.21 bits per heavy atom. The molecule has 150 valence electrons. The average Bonchev–Trinajstić information content (AvgIpc) is 3.03. The number of rotatable bonds is 3. The summed E-state index contributed by atoms with van der Waals surface area (Å²) in [5, 5.41) is 0. The number of amides is 3. The number of halogens is 1. The van der Waals surface area contributed by atoms with Crippen LogP contribution in [0.5, 0.6) is 0 Å². The molecule has 1 atom stereocenters. The van der Waals surface area contributed by atoms with E-state index in [9.17, 15) is 18.8 Å². The Balaban J connectivity index is 1.37. The normalized spacial score (nSPS) is 24.8. The Morgan fingerprint density at radius 2 is 1.57 bits per heavy atom. The van der Waals surface area contributed by atoms with Crippen molar-refractivity contribution >= 4 is 23.4 Å². The van der Waals surface area contributed by atoms with Gasteiger partial charge in [-0.05, 0) is 69.5 Å². The summed E-state index contributed by atoms with van der Waals surface area (Å²) in [4.78, 5) is 43.2. The molecule has 0 spiro atoms. The number of piperidine rings is 2. The van der Waals surface area contributed by atoms with Gasteiger partial charge in [0.25, 0.3) is 5.91 Å². The lowest BCUT2D eigenvalue weighted by atomic mass is 9.93. The fourth-order valence-corrected chi connectivity index (χ4v) is 4.59. The lowest BCUT2D eigenvalue weighted by Gasteiger charge is -2.37. The second kappa shape index (κ2) is 7.99. The minimum absolute atomic E-state index is 0.0229. The summed E-state index contributed by atoms with van der Waals surface area (Å²) in [6, 6.07) is 4.93. The van der Waals surface area contributed by atoms with Gasteiger partial charge in [0.2, 0.25) is 11.8 Å². The predicted octanol–water partition coefficient (Wildman–Crippen LogP) is 2.18. The van der Waals surface area contributed by atoms with Gasteiger partial charge in [-0.15, -0.1) is 0 Å². The molecule has 7 heteroatoms. The number of carbonyl (C=O) groups excluding carboxylic acids is 3. The maximum atomic E-state index is 13.1. The first kappa shape index (κ1) is 19.1. The van der Waals surface area contributed by atoms with Crippen LogP contribution in [0.3, 0.4) is 0 Å². The van der Waals surface area contributed by atoms with Crippen LogP contribution < -0.4 is 4.90 Å². The van der Waals surface area contributed by atoms with E-state index in [1.165, 1.54) is 30.7 Å². The zero-order chi connectivity index (χ0) is 19.7. The SMILES string of the molecule is O=C(C1CCN([C@@H]2CC(=O)N(c3ccc(F)cc3)C2=O)CC1)N1CCCCC1. The van der Waals surface area contributed by atoms with Gasteiger partial charge in [-0.1, -0.05) is 0 Å². The first-order valence-corrected chi connectivity index (χ1v) is 10.2. The van der Waals surface area contributed by atoms with E-state index in [1.54, 1.807) is 0 Å². The topological polar surface area (TPSA) is 60.9 Å². The molecule has 28 heavy (non-hydrogen) atoms. The third-order valence-electron chi connectivity index (χ3n) is 6.19. The highest BCUT2D eigenvalue weighted by Crippen LogP contribution is 2.29. The van der Waals surface area contributed by atoms with E-state index in [0.29, 0.717) is 18.8 Å². The van der Waals surface area contributed by atoms with Gasteiger partial charge in [-0.2, -0.15) is 0 Å². The van der Waals surface area contributed by atoms with Crippen molar-refractivity contribution < 1.29 is 18.8 Å². The highest BCUT2D eigenvalue weighted by Gasteiger charge is 2.44. The number of anilines is 1. The molecule has 6 nitrogen and oxygen atoms in total. The quantitative estimate of drug-likeness (QED) is 0.746. The summed E-state index contributed by atoms with van der Waals surface area (Å²) in [5.41, 5.74) is 0.411. The first-order chi connectivity index (χ1) is 13.5. The largest absolute Gasteiger partial charge is 0.342 e. The summed E-state index contributed by atoms with van der Waals surface area (Å²) < 4.78 is 13.1. The number of likely N-dealkylation sites (tertiary alicyclic amines) is 2. The van der Waals surface area contributed by atoms with Crippen LogP contribution in [-0.4, -0.2) is 59.7 Å². The van der Waals surface area contributed by atoms with Gasteiger partial charge in [0.05, 0.1) is 18.2 Å². The van der Waals surface area contributed by atoms with Crippen molar-refractivity contribution in [2.45, 2.75) is 44.6 Å². The molecule has 3 fully saturated rings. The van der Waals surface area contributed by atoms with E-state index in [2.05, 4.69) is 0 Å². The Hall–Kier alpha value is -2.28. The number of hydrogen-bond acceptors (Lipinski definition) is 4. The van der Waals surface area contributed by atoms with Gasteiger partial charge in [-0.25, -0.2) is 9.29 Å². The van der Waals surface area contributed by atoms with Crippen molar-refractivity contribution in [2.75, 3.05) is 31.1 Å². The number of imide groups is 1. The second-order valence-corrected chi connectivity index (χ2v) is 7.96. The molecule has 3 heterocycles. The molecule has 0 aliphatic carbocycles. The molecule has 0 unspecified atom stereocenters. The molecular weight excluding hydrogens is 361 g/mol. The molecule has 0 N–H and O–H groups in total. The lowest BCUT2D eigenvalue weighted by Crippen LogP contribution is -2.49. The Morgan fingerprint density at radius 1 is 0.929 bits per heavy atom. The molecule has 0 aromatic heterocycles. The van der Waals surface area contributed by atoms with E-state index < -0.39 is 11.9 Å². The molecule has 3 aliphatic rings. The van der Waals surface area contributed by atoms with E-state index in [0.717, 1.165) is 43.7 Å². The standard InChI is InChI=1S/C21H26FN3O3/c22-16-4-6-17(7-5-16)25-19(26)14-18(21(25)28)23-12-8-15(9-13-23)20(27)24-10-2-1-3-11-24/h4-7,15,18H,1-3,8-14H2/t18-/m1/s1. The monoisotopic (exact) mass is 387 g/mol. The Bertz CT molecular complexity index is 753. The van der Waals surface area contributed by atoms with Crippen LogP contribution in [0.2, 0.25) is 0 Å². The number of carbonyl (C=O) groups is 3. The van der Waals surface area contributed by atoms with Crippen LogP contribution in [0.25, 0.3) is 0 Å². The fourth-order valence-electron chi connectivity index (χ4n) is 4.59. The van der Waals surface area contributed by atoms with Crippen molar-refractivity contribution in [2.24, 2.45) is 5.92 Å². The van der Waals surface area contributed by atoms with E-state index in [-0.39, 0.29) is 30.1 Å². The number of benzene rings is 1. The number of nitrogens with zero attached hydrogens (tertiary/aromatic N) is 3. The molecule has 1 aromatic rings. The van der Waals surface area contributed by atoms with Gasteiger partial charge in [0.1, 0.15) is 5.82 Å². The molecule has 3 aliphatic heterocycles. The van der Waals surface area contributed by atoms with Gasteiger partial charge < -0.3 is 4.90 Å². The zero-order valence-corrected chi connectivity index (χ0v) is 16.0. The highest BCUT2D eigenvalue weighted by molar-refractivity contribution is 6.22. The van der Waals surface area contributed by atoms with Crippen LogP contribution in [0, 0.1) is 11.7 Å². The van der Waals surface area contributed by atoms with Crippen molar-refractivity contribution in [3.8, 4) is 0 Å². The van der Waals surface area contributed by atoms with Crippen molar-refractivity contribution in [3.05, 3.63) is 30.1 Å². The molecule has 0 radical (unpaired) electrons. The highest BCUT2D eigenvalue weighted by atomic mass is 19.1. The molecule has 3 amide bonds. The van der Waals surface area contributed by atoms with Gasteiger partial charge in [0, 0.05) is 19.0 Å². The van der Waals surface area contributed by atoms with Crippen LogP contribution in [0.15, 0.2) is 24.3 Å². The summed E-state index contributed by atoms with van der Waals surface area (Å²) in [6.45, 7) is 3.01. The average molecular weight is 387 g/mol. The third-order valence-corrected chi connectivity index (χ3v) is 6.19. The molecule has 3 saturated heterocycles. The van der Waals surface area contributed by atoms with Crippen molar-refractivity contribution in [3.63, 3.8) is 0 Å². The third kappa shape index (κ3) is 3.68. The minimum Gasteiger partial charge on any atom is -0.342 e. The smallest absolute Gasteiger partial charge is 0.251 e. The second-order valence-electron chi connectivity index (χ2n) is 7.96. The lowest BCUT2D eigenvalue weighted by molar-refractivity contribution is -0.138. The molecular formula is C21H26FN3O3. The predicted molar refractivity (Wildman–Crippen MR) is 102 cm³/mol. The summed E-state index contributed by atoms with van der Waals surface area (Å²) >= 11 is 0. The Kier molecular flexibility index (Phi) is 5.44. The van der Waals surface area contributed by atoms with Gasteiger partial charge in [-0.3, -0.25) is 19.3 Å². The summed E-state index contributed by atoms with van der Waals surface area (Å²) in [6.07, 6.45) is 4.96. The van der Waals surface area contributed by atoms with Crippen LogP contribution in [0.1, 0.15) is 38.5 Å². The number of hydrogen-bond donors (Lipinski definition) is 0. The molecule has 1 aromatic carbocycles. The summed E-state index contributed by atoms with van der Waals surface area (Å²) in [5.74, 6) is -0.638. The Labute approximate surface area is 164 Å². The van der Waals surface area contributed by atoms with Crippen LogP contribution >= 0.6 is 0 Å². The molecule has 4 rings (SSSR count). The first-order valence-electron chi connectivity index (χ1n) is 10.2. The van der Waals surface area contributed by atoms with Crippen LogP contribution in [0.4, 0.5) is 10.1 Å². The van der Waals surface area contributed by atoms with E-state index in [1.807, 2.05) is 9.80 Å².